The molecule has 0 amide bonds. The van der Waals surface area contributed by atoms with E-state index in [1.54, 1.807) is 0 Å². The minimum Gasteiger partial charge on any atom is -0.465 e. The molecule has 1 aromatic heterocycles. The molecule has 1 aromatic carbocycles. The summed E-state index contributed by atoms with van der Waals surface area (Å²) in [6, 6.07) is 12.3. The number of furan rings is 1. The zero-order valence-corrected chi connectivity index (χ0v) is 12.4. The Morgan fingerprint density at radius 3 is 2.35 bits per heavy atom. The third kappa shape index (κ3) is 3.50. The minimum atomic E-state index is -0.0821. The summed E-state index contributed by atoms with van der Waals surface area (Å²) in [5, 5.41) is 13.0. The lowest BCUT2D eigenvalue weighted by Gasteiger charge is -2.21. The van der Waals surface area contributed by atoms with Crippen LogP contribution in [0.4, 0.5) is 0 Å². The van der Waals surface area contributed by atoms with Crippen molar-refractivity contribution < 1.29 is 9.52 Å². The van der Waals surface area contributed by atoms with Gasteiger partial charge in [0.2, 0.25) is 0 Å². The first-order valence-electron chi connectivity index (χ1n) is 7.16. The van der Waals surface area contributed by atoms with Gasteiger partial charge in [0.1, 0.15) is 11.5 Å². The summed E-state index contributed by atoms with van der Waals surface area (Å²) < 4.78 is 5.62. The molecule has 108 valence electrons. The summed E-state index contributed by atoms with van der Waals surface area (Å²) in [6.07, 6.45) is 1.03. The Kier molecular flexibility index (Phi) is 4.99. The van der Waals surface area contributed by atoms with Gasteiger partial charge in [0.05, 0.1) is 18.7 Å². The molecule has 0 saturated carbocycles. The maximum absolute atomic E-state index is 9.61. The van der Waals surface area contributed by atoms with E-state index in [0.717, 1.165) is 23.5 Å². The minimum absolute atomic E-state index is 0.0618. The molecule has 0 radical (unpaired) electrons. The van der Waals surface area contributed by atoms with E-state index in [0.29, 0.717) is 0 Å². The predicted octanol–water partition coefficient (Wildman–Crippen LogP) is 3.53. The van der Waals surface area contributed by atoms with Crippen LogP contribution in [0.1, 0.15) is 48.6 Å². The molecule has 20 heavy (non-hydrogen) atoms. The molecule has 0 spiro atoms. The summed E-state index contributed by atoms with van der Waals surface area (Å²) in [6.45, 7) is 6.18. The van der Waals surface area contributed by atoms with Gasteiger partial charge in [0.25, 0.3) is 0 Å². The smallest absolute Gasteiger partial charge is 0.120 e. The van der Waals surface area contributed by atoms with Crippen molar-refractivity contribution >= 4 is 0 Å². The highest BCUT2D eigenvalue weighted by molar-refractivity contribution is 5.25. The lowest BCUT2D eigenvalue weighted by molar-refractivity contribution is 0.230. The number of hydrogen-bond acceptors (Lipinski definition) is 3. The molecule has 3 heteroatoms. The molecule has 2 rings (SSSR count). The molecule has 0 saturated heterocycles. The van der Waals surface area contributed by atoms with Crippen molar-refractivity contribution in [2.24, 2.45) is 0 Å². The highest BCUT2D eigenvalue weighted by Crippen LogP contribution is 2.21. The maximum Gasteiger partial charge on any atom is 0.120 e. The normalized spacial score (nSPS) is 14.2. The van der Waals surface area contributed by atoms with Crippen molar-refractivity contribution in [1.82, 2.24) is 5.32 Å². The lowest BCUT2D eigenvalue weighted by Crippen LogP contribution is -2.27. The molecule has 2 N–H and O–H groups in total. The standard InChI is InChI=1S/C17H23NO2/c1-4-14-6-8-15(9-7-14)16(11-19)18-13(3)17-10-5-12(2)20-17/h5-10,13,16,18-19H,4,11H2,1-3H3. The van der Waals surface area contributed by atoms with Crippen molar-refractivity contribution in [3.8, 4) is 0 Å². The first-order chi connectivity index (χ1) is 9.63. The van der Waals surface area contributed by atoms with E-state index in [4.69, 9.17) is 4.42 Å². The second-order valence-corrected chi connectivity index (χ2v) is 5.17. The monoisotopic (exact) mass is 273 g/mol. The van der Waals surface area contributed by atoms with E-state index < -0.39 is 0 Å². The molecule has 0 aliphatic heterocycles. The van der Waals surface area contributed by atoms with E-state index in [1.807, 2.05) is 26.0 Å². The number of aryl methyl sites for hydroxylation is 2. The summed E-state index contributed by atoms with van der Waals surface area (Å²) in [4.78, 5) is 0. The third-order valence-corrected chi connectivity index (χ3v) is 3.61. The highest BCUT2D eigenvalue weighted by atomic mass is 16.3. The van der Waals surface area contributed by atoms with Crippen molar-refractivity contribution in [2.75, 3.05) is 6.61 Å². The second kappa shape index (κ2) is 6.73. The van der Waals surface area contributed by atoms with Crippen LogP contribution in [-0.4, -0.2) is 11.7 Å². The number of rotatable bonds is 6. The second-order valence-electron chi connectivity index (χ2n) is 5.17. The van der Waals surface area contributed by atoms with E-state index in [1.165, 1.54) is 5.56 Å². The molecule has 0 fully saturated rings. The zero-order valence-electron chi connectivity index (χ0n) is 12.4. The molecule has 3 nitrogen and oxygen atoms in total. The van der Waals surface area contributed by atoms with Crippen LogP contribution in [-0.2, 0) is 6.42 Å². The molecular formula is C17H23NO2. The first-order valence-corrected chi connectivity index (χ1v) is 7.16. The van der Waals surface area contributed by atoms with Crippen molar-refractivity contribution in [3.63, 3.8) is 0 Å². The quantitative estimate of drug-likeness (QED) is 0.846. The van der Waals surface area contributed by atoms with Gasteiger partial charge in [-0.2, -0.15) is 0 Å². The summed E-state index contributed by atoms with van der Waals surface area (Å²) >= 11 is 0. The Morgan fingerprint density at radius 1 is 1.15 bits per heavy atom. The molecule has 0 aliphatic carbocycles. The fourth-order valence-electron chi connectivity index (χ4n) is 2.31. The van der Waals surface area contributed by atoms with E-state index in [2.05, 4.69) is 36.5 Å². The van der Waals surface area contributed by atoms with Gasteiger partial charge in [-0.15, -0.1) is 0 Å². The first kappa shape index (κ1) is 14.8. The topological polar surface area (TPSA) is 45.4 Å². The van der Waals surface area contributed by atoms with E-state index in [-0.39, 0.29) is 18.7 Å². The lowest BCUT2D eigenvalue weighted by atomic mass is 10.0. The van der Waals surface area contributed by atoms with Crippen LogP contribution in [0.25, 0.3) is 0 Å². The Balaban J connectivity index is 2.07. The van der Waals surface area contributed by atoms with Crippen LogP contribution in [0.5, 0.6) is 0 Å². The van der Waals surface area contributed by atoms with Crippen molar-refractivity contribution in [2.45, 2.75) is 39.3 Å². The average Bonchev–Trinajstić information content (AvgIpc) is 2.91. The van der Waals surface area contributed by atoms with Crippen LogP contribution >= 0.6 is 0 Å². The summed E-state index contributed by atoms with van der Waals surface area (Å²) in [7, 11) is 0. The van der Waals surface area contributed by atoms with Gasteiger partial charge in [-0.05, 0) is 43.5 Å². The molecule has 2 aromatic rings. The van der Waals surface area contributed by atoms with Crippen molar-refractivity contribution in [3.05, 3.63) is 59.0 Å². The van der Waals surface area contributed by atoms with Gasteiger partial charge in [0, 0.05) is 0 Å². The van der Waals surface area contributed by atoms with Gasteiger partial charge in [-0.3, -0.25) is 5.32 Å². The maximum atomic E-state index is 9.61. The highest BCUT2D eigenvalue weighted by Gasteiger charge is 2.16. The Labute approximate surface area is 120 Å². The summed E-state index contributed by atoms with van der Waals surface area (Å²) in [5.74, 6) is 1.80. The van der Waals surface area contributed by atoms with Crippen LogP contribution < -0.4 is 5.32 Å². The van der Waals surface area contributed by atoms with Gasteiger partial charge in [-0.25, -0.2) is 0 Å². The van der Waals surface area contributed by atoms with Crippen LogP contribution in [0.3, 0.4) is 0 Å². The third-order valence-electron chi connectivity index (χ3n) is 3.61. The molecule has 1 heterocycles. The zero-order chi connectivity index (χ0) is 14.5. The van der Waals surface area contributed by atoms with Crippen molar-refractivity contribution in [1.29, 1.82) is 0 Å². The van der Waals surface area contributed by atoms with E-state index in [9.17, 15) is 5.11 Å². The predicted molar refractivity (Wildman–Crippen MR) is 80.6 cm³/mol. The molecule has 2 atom stereocenters. The number of benzene rings is 1. The van der Waals surface area contributed by atoms with Crippen LogP contribution in [0.15, 0.2) is 40.8 Å². The Hall–Kier alpha value is -1.58. The number of aliphatic hydroxyl groups excluding tert-OH is 1. The largest absolute Gasteiger partial charge is 0.465 e. The van der Waals surface area contributed by atoms with Gasteiger partial charge in [0.15, 0.2) is 0 Å². The molecule has 2 unspecified atom stereocenters. The van der Waals surface area contributed by atoms with Crippen LogP contribution in [0.2, 0.25) is 0 Å². The molecule has 0 bridgehead atoms. The molecular weight excluding hydrogens is 250 g/mol. The van der Waals surface area contributed by atoms with E-state index >= 15 is 0 Å². The average molecular weight is 273 g/mol. The Bertz CT molecular complexity index is 530. The number of nitrogens with one attached hydrogen (secondary N) is 1. The number of hydrogen-bond donors (Lipinski definition) is 2. The van der Waals surface area contributed by atoms with Gasteiger partial charge < -0.3 is 9.52 Å². The summed E-state index contributed by atoms with van der Waals surface area (Å²) in [5.41, 5.74) is 2.40. The fraction of sp³-hybridized carbons (Fsp3) is 0.412. The Morgan fingerprint density at radius 2 is 1.85 bits per heavy atom. The fourth-order valence-corrected chi connectivity index (χ4v) is 2.31. The van der Waals surface area contributed by atoms with Gasteiger partial charge in [-0.1, -0.05) is 31.2 Å². The van der Waals surface area contributed by atoms with Gasteiger partial charge >= 0.3 is 0 Å². The SMILES string of the molecule is CCc1ccc(C(CO)NC(C)c2ccc(C)o2)cc1. The molecule has 0 aliphatic rings. The van der Waals surface area contributed by atoms with Crippen LogP contribution in [0, 0.1) is 6.92 Å². The number of aliphatic hydroxyl groups is 1.